The molecule has 0 amide bonds. The van der Waals surface area contributed by atoms with Crippen molar-refractivity contribution in [3.63, 3.8) is 0 Å². The van der Waals surface area contributed by atoms with Crippen LogP contribution < -0.4 is 0 Å². The molecule has 2 saturated carbocycles. The normalized spacial score (nSPS) is 26.4. The van der Waals surface area contributed by atoms with E-state index in [1.807, 2.05) is 0 Å². The fourth-order valence-corrected chi connectivity index (χ4v) is 5.75. The molecule has 2 fully saturated rings. The van der Waals surface area contributed by atoms with Crippen LogP contribution in [0.1, 0.15) is 162 Å². The maximum Gasteiger partial charge on any atom is 0.0742 e. The summed E-state index contributed by atoms with van der Waals surface area (Å²) in [7, 11) is 5.44. The van der Waals surface area contributed by atoms with E-state index in [1.165, 1.54) is 148 Å². The average Bonchev–Trinajstić information content (AvgIpc) is 2.72. The van der Waals surface area contributed by atoms with Gasteiger partial charge < -0.3 is 0 Å². The molecular formula is C27H52B2. The third-order valence-electron chi connectivity index (χ3n) is 8.13. The van der Waals surface area contributed by atoms with E-state index in [-0.39, 0.29) is 0 Å². The van der Waals surface area contributed by atoms with Crippen LogP contribution in [0.15, 0.2) is 0 Å². The quantitative estimate of drug-likeness (QED) is 0.415. The minimum Gasteiger partial charge on any atom is -0.0688 e. The maximum atomic E-state index is 2.72. The van der Waals surface area contributed by atoms with Crippen LogP contribution in [0.5, 0.6) is 0 Å². The van der Waals surface area contributed by atoms with Gasteiger partial charge in [0.1, 0.15) is 0 Å². The average molecular weight is 398 g/mol. The van der Waals surface area contributed by atoms with E-state index < -0.39 is 0 Å². The first kappa shape index (κ1) is 25.4. The first-order chi connectivity index (χ1) is 14.1. The van der Waals surface area contributed by atoms with E-state index in [9.17, 15) is 0 Å². The predicted molar refractivity (Wildman–Crippen MR) is 134 cm³/mol. The van der Waals surface area contributed by atoms with Crippen LogP contribution in [0.25, 0.3) is 0 Å². The lowest BCUT2D eigenvalue weighted by Crippen LogP contribution is -2.31. The molecule has 0 aromatic heterocycles. The van der Waals surface area contributed by atoms with Crippen LogP contribution in [-0.2, 0) is 0 Å². The van der Waals surface area contributed by atoms with Crippen LogP contribution in [-0.4, -0.2) is 14.3 Å². The van der Waals surface area contributed by atoms with Gasteiger partial charge in [0.25, 0.3) is 0 Å². The summed E-state index contributed by atoms with van der Waals surface area (Å²) >= 11 is 0. The molecule has 0 aromatic rings. The topological polar surface area (TPSA) is 0 Å². The van der Waals surface area contributed by atoms with Crippen molar-refractivity contribution in [1.82, 2.24) is 0 Å². The SMILES string of the molecule is CC1([B][B]C2(C)CCCCCCCCCCC2)CCCCCCCCCCCC1. The molecule has 29 heavy (non-hydrogen) atoms. The molecule has 0 aliphatic heterocycles. The Labute approximate surface area is 186 Å². The molecule has 166 valence electrons. The highest BCUT2D eigenvalue weighted by molar-refractivity contribution is 7.03. The summed E-state index contributed by atoms with van der Waals surface area (Å²) < 4.78 is 0. The molecule has 0 unspecified atom stereocenters. The summed E-state index contributed by atoms with van der Waals surface area (Å²) in [5, 5.41) is 0.893. The van der Waals surface area contributed by atoms with Gasteiger partial charge in [-0.25, -0.2) is 0 Å². The van der Waals surface area contributed by atoms with Crippen molar-refractivity contribution >= 4 is 14.3 Å². The first-order valence-electron chi connectivity index (χ1n) is 13.8. The molecule has 2 rings (SSSR count). The molecular weight excluding hydrogens is 346 g/mol. The molecule has 2 aliphatic carbocycles. The fraction of sp³-hybridized carbons (Fsp3) is 1.00. The number of hydrogen-bond donors (Lipinski definition) is 0. The second kappa shape index (κ2) is 15.0. The van der Waals surface area contributed by atoms with Gasteiger partial charge in [-0.15, -0.1) is 0 Å². The van der Waals surface area contributed by atoms with E-state index >= 15 is 0 Å². The van der Waals surface area contributed by atoms with Crippen molar-refractivity contribution in [2.75, 3.05) is 0 Å². The Hall–Kier alpha value is 0.130. The highest BCUT2D eigenvalue weighted by Crippen LogP contribution is 2.43. The highest BCUT2D eigenvalue weighted by Gasteiger charge is 2.31. The van der Waals surface area contributed by atoms with Crippen LogP contribution in [0.3, 0.4) is 0 Å². The Kier molecular flexibility index (Phi) is 13.1. The van der Waals surface area contributed by atoms with Crippen molar-refractivity contribution in [2.24, 2.45) is 0 Å². The van der Waals surface area contributed by atoms with Gasteiger partial charge >= 0.3 is 0 Å². The largest absolute Gasteiger partial charge is 0.0742 e. The lowest BCUT2D eigenvalue weighted by molar-refractivity contribution is 0.432. The number of hydrogen-bond acceptors (Lipinski definition) is 0. The zero-order valence-corrected chi connectivity index (χ0v) is 20.4. The Bertz CT molecular complexity index is 366. The van der Waals surface area contributed by atoms with E-state index in [2.05, 4.69) is 28.2 Å². The van der Waals surface area contributed by atoms with Crippen LogP contribution in [0.4, 0.5) is 0 Å². The molecule has 2 heteroatoms. The summed E-state index contributed by atoms with van der Waals surface area (Å²) in [6, 6.07) is 0. The van der Waals surface area contributed by atoms with Crippen LogP contribution >= 0.6 is 0 Å². The molecule has 0 saturated heterocycles. The second-order valence-electron chi connectivity index (χ2n) is 11.4. The van der Waals surface area contributed by atoms with Crippen LogP contribution in [0.2, 0.25) is 10.6 Å². The third kappa shape index (κ3) is 11.9. The lowest BCUT2D eigenvalue weighted by atomic mass is 9.20. The van der Waals surface area contributed by atoms with Gasteiger partial charge in [-0.05, 0) is 0 Å². The van der Waals surface area contributed by atoms with Crippen molar-refractivity contribution in [1.29, 1.82) is 0 Å². The minimum absolute atomic E-state index is 0.445. The van der Waals surface area contributed by atoms with Crippen molar-refractivity contribution in [3.05, 3.63) is 0 Å². The highest BCUT2D eigenvalue weighted by atomic mass is 14.2. The van der Waals surface area contributed by atoms with Crippen molar-refractivity contribution in [3.8, 4) is 0 Å². The fourth-order valence-electron chi connectivity index (χ4n) is 5.75. The van der Waals surface area contributed by atoms with Gasteiger partial charge in [0, 0.05) is 0 Å². The van der Waals surface area contributed by atoms with Crippen molar-refractivity contribution in [2.45, 2.75) is 172 Å². The maximum absolute atomic E-state index is 2.72. The monoisotopic (exact) mass is 398 g/mol. The van der Waals surface area contributed by atoms with Gasteiger partial charge in [0.15, 0.2) is 0 Å². The summed E-state index contributed by atoms with van der Waals surface area (Å²) in [5.74, 6) is 0. The third-order valence-corrected chi connectivity index (χ3v) is 8.13. The van der Waals surface area contributed by atoms with Gasteiger partial charge in [0.05, 0.1) is 14.3 Å². The molecule has 0 N–H and O–H groups in total. The van der Waals surface area contributed by atoms with E-state index in [1.54, 1.807) is 0 Å². The van der Waals surface area contributed by atoms with E-state index in [0.717, 1.165) is 0 Å². The molecule has 2 aliphatic rings. The molecule has 2 radical (unpaired) electrons. The summed E-state index contributed by atoms with van der Waals surface area (Å²) in [4.78, 5) is 0. The van der Waals surface area contributed by atoms with Gasteiger partial charge in [0.2, 0.25) is 0 Å². The Morgan fingerprint density at radius 1 is 0.310 bits per heavy atom. The van der Waals surface area contributed by atoms with Crippen molar-refractivity contribution < 1.29 is 0 Å². The molecule has 0 atom stereocenters. The first-order valence-corrected chi connectivity index (χ1v) is 13.8. The van der Waals surface area contributed by atoms with Crippen LogP contribution in [0, 0.1) is 0 Å². The molecule has 0 bridgehead atoms. The Balaban J connectivity index is 1.87. The van der Waals surface area contributed by atoms with Gasteiger partial charge in [-0.3, -0.25) is 0 Å². The number of rotatable bonds is 3. The zero-order valence-electron chi connectivity index (χ0n) is 20.4. The molecule has 0 aromatic carbocycles. The summed E-state index contributed by atoms with van der Waals surface area (Å²) in [5.41, 5.74) is 0. The molecule has 0 heterocycles. The Morgan fingerprint density at radius 2 is 0.483 bits per heavy atom. The van der Waals surface area contributed by atoms with Gasteiger partial charge in [-0.1, -0.05) is 172 Å². The smallest absolute Gasteiger partial charge is 0.0688 e. The summed E-state index contributed by atoms with van der Waals surface area (Å²) in [6.45, 7) is 5.17. The summed E-state index contributed by atoms with van der Waals surface area (Å²) in [6.07, 6.45) is 33.5. The minimum atomic E-state index is 0.445. The second-order valence-corrected chi connectivity index (χ2v) is 11.4. The predicted octanol–water partition coefficient (Wildman–Crippen LogP) is 9.67. The standard InChI is InChI=1S/C27H52B2/c1-26(22-18-14-10-6-3-4-7-11-15-19-23-26)28-29-27(2)24-20-16-12-8-5-9-13-17-21-25-27/h3-25H2,1-2H3. The van der Waals surface area contributed by atoms with E-state index in [4.69, 9.17) is 0 Å². The lowest BCUT2D eigenvalue weighted by Gasteiger charge is -2.36. The Morgan fingerprint density at radius 3 is 0.690 bits per heavy atom. The zero-order chi connectivity index (χ0) is 20.7. The molecule has 0 nitrogen and oxygen atoms in total. The van der Waals surface area contributed by atoms with E-state index in [0.29, 0.717) is 10.6 Å². The van der Waals surface area contributed by atoms with Gasteiger partial charge in [-0.2, -0.15) is 0 Å². The molecule has 0 spiro atoms.